The molecule has 2 aromatic rings. The summed E-state index contributed by atoms with van der Waals surface area (Å²) in [5.74, 6) is 0.612. The summed E-state index contributed by atoms with van der Waals surface area (Å²) in [6.07, 6.45) is 1.18. The minimum Gasteiger partial charge on any atom is -0.244 e. The van der Waals surface area contributed by atoms with Crippen molar-refractivity contribution in [3.63, 3.8) is 0 Å². The van der Waals surface area contributed by atoms with Gasteiger partial charge in [0, 0.05) is 0 Å². The van der Waals surface area contributed by atoms with Crippen LogP contribution in [0.1, 0.15) is 37.3 Å². The molecule has 1 unspecified atom stereocenters. The molecule has 1 aromatic heterocycles. The first kappa shape index (κ1) is 9.66. The predicted octanol–water partition coefficient (Wildman–Crippen LogP) is 4.12. The Kier molecular flexibility index (Phi) is 2.55. The van der Waals surface area contributed by atoms with Crippen molar-refractivity contribution in [2.75, 3.05) is 0 Å². The lowest BCUT2D eigenvalue weighted by Crippen LogP contribution is -1.96. The molecular formula is C12H15NS. The molecule has 1 nitrogen and oxygen atoms in total. The first-order valence-electron chi connectivity index (χ1n) is 5.06. The minimum atomic E-state index is 0.612. The Morgan fingerprint density at radius 1 is 1.43 bits per heavy atom. The van der Waals surface area contributed by atoms with E-state index in [1.807, 2.05) is 5.51 Å². The second kappa shape index (κ2) is 3.70. The van der Waals surface area contributed by atoms with Crippen molar-refractivity contribution in [3.05, 3.63) is 28.8 Å². The lowest BCUT2D eigenvalue weighted by Gasteiger charge is -2.12. The maximum Gasteiger partial charge on any atom is 0.0849 e. The van der Waals surface area contributed by atoms with Gasteiger partial charge in [0.25, 0.3) is 0 Å². The van der Waals surface area contributed by atoms with E-state index in [0.29, 0.717) is 5.92 Å². The van der Waals surface area contributed by atoms with Gasteiger partial charge in [-0.05, 0) is 36.5 Å². The molecule has 0 aliphatic carbocycles. The van der Waals surface area contributed by atoms with E-state index in [-0.39, 0.29) is 0 Å². The molecule has 14 heavy (non-hydrogen) atoms. The van der Waals surface area contributed by atoms with Crippen LogP contribution in [0.3, 0.4) is 0 Å². The number of hydrogen-bond acceptors (Lipinski definition) is 2. The van der Waals surface area contributed by atoms with Crippen molar-refractivity contribution >= 4 is 21.6 Å². The average Bonchev–Trinajstić information content (AvgIpc) is 2.64. The lowest BCUT2D eigenvalue weighted by atomic mass is 9.93. The SMILES string of the molecule is CCC(C)c1c(C)ccc2scnc12. The molecule has 2 rings (SSSR count). The molecule has 1 heterocycles. The van der Waals surface area contributed by atoms with Crippen LogP contribution in [-0.2, 0) is 0 Å². The number of fused-ring (bicyclic) bond motifs is 1. The number of hydrogen-bond donors (Lipinski definition) is 0. The van der Waals surface area contributed by atoms with E-state index >= 15 is 0 Å². The van der Waals surface area contributed by atoms with Gasteiger partial charge in [-0.15, -0.1) is 11.3 Å². The minimum absolute atomic E-state index is 0.612. The van der Waals surface area contributed by atoms with Gasteiger partial charge in [-0.2, -0.15) is 0 Å². The van der Waals surface area contributed by atoms with E-state index in [9.17, 15) is 0 Å². The maximum atomic E-state index is 4.47. The van der Waals surface area contributed by atoms with Gasteiger partial charge in [0.05, 0.1) is 15.7 Å². The molecule has 0 N–H and O–H groups in total. The molecule has 0 spiro atoms. The van der Waals surface area contributed by atoms with Crippen molar-refractivity contribution in [3.8, 4) is 0 Å². The summed E-state index contributed by atoms with van der Waals surface area (Å²) in [7, 11) is 0. The first-order valence-corrected chi connectivity index (χ1v) is 5.94. The van der Waals surface area contributed by atoms with Gasteiger partial charge in [-0.1, -0.05) is 19.9 Å². The van der Waals surface area contributed by atoms with E-state index in [0.717, 1.165) is 0 Å². The first-order chi connectivity index (χ1) is 6.74. The van der Waals surface area contributed by atoms with Crippen LogP contribution in [0, 0.1) is 6.92 Å². The van der Waals surface area contributed by atoms with E-state index in [2.05, 4.69) is 37.9 Å². The molecule has 0 aliphatic rings. The highest BCUT2D eigenvalue weighted by Gasteiger charge is 2.12. The molecule has 2 heteroatoms. The van der Waals surface area contributed by atoms with E-state index < -0.39 is 0 Å². The maximum absolute atomic E-state index is 4.47. The van der Waals surface area contributed by atoms with Crippen molar-refractivity contribution in [2.45, 2.75) is 33.1 Å². The average molecular weight is 205 g/mol. The zero-order valence-corrected chi connectivity index (χ0v) is 9.69. The van der Waals surface area contributed by atoms with Gasteiger partial charge >= 0.3 is 0 Å². The zero-order valence-electron chi connectivity index (χ0n) is 8.87. The third-order valence-corrected chi connectivity index (χ3v) is 3.66. The van der Waals surface area contributed by atoms with Gasteiger partial charge in [0.15, 0.2) is 0 Å². The van der Waals surface area contributed by atoms with Gasteiger partial charge in [-0.3, -0.25) is 0 Å². The fraction of sp³-hybridized carbons (Fsp3) is 0.417. The Balaban J connectivity index is 2.70. The molecule has 1 atom stereocenters. The van der Waals surface area contributed by atoms with Crippen molar-refractivity contribution in [2.24, 2.45) is 0 Å². The van der Waals surface area contributed by atoms with Crippen LogP contribution in [0.25, 0.3) is 10.2 Å². The molecule has 0 saturated heterocycles. The van der Waals surface area contributed by atoms with Crippen LogP contribution in [0.4, 0.5) is 0 Å². The van der Waals surface area contributed by atoms with Crippen LogP contribution in [0.2, 0.25) is 0 Å². The van der Waals surface area contributed by atoms with Crippen molar-refractivity contribution in [1.29, 1.82) is 0 Å². The summed E-state index contributed by atoms with van der Waals surface area (Å²) in [4.78, 5) is 4.47. The molecule has 0 aliphatic heterocycles. The summed E-state index contributed by atoms with van der Waals surface area (Å²) in [5.41, 5.74) is 5.96. The molecule has 0 amide bonds. The molecule has 0 fully saturated rings. The molecule has 0 saturated carbocycles. The number of aromatic nitrogens is 1. The third kappa shape index (κ3) is 1.44. The Labute approximate surface area is 88.8 Å². The van der Waals surface area contributed by atoms with Crippen LogP contribution >= 0.6 is 11.3 Å². The molecule has 1 aromatic carbocycles. The standard InChI is InChI=1S/C12H15NS/c1-4-8(2)11-9(3)5-6-10-12(11)13-7-14-10/h5-8H,4H2,1-3H3. The topological polar surface area (TPSA) is 12.9 Å². The summed E-state index contributed by atoms with van der Waals surface area (Å²) in [5, 5.41) is 0. The summed E-state index contributed by atoms with van der Waals surface area (Å²) in [6, 6.07) is 4.39. The smallest absolute Gasteiger partial charge is 0.0849 e. The summed E-state index contributed by atoms with van der Waals surface area (Å²) >= 11 is 1.73. The second-order valence-electron chi connectivity index (χ2n) is 3.80. The van der Waals surface area contributed by atoms with Crippen LogP contribution in [-0.4, -0.2) is 4.98 Å². The normalized spacial score (nSPS) is 13.4. The van der Waals surface area contributed by atoms with Crippen LogP contribution in [0.5, 0.6) is 0 Å². The highest BCUT2D eigenvalue weighted by atomic mass is 32.1. The van der Waals surface area contributed by atoms with Crippen molar-refractivity contribution < 1.29 is 0 Å². The van der Waals surface area contributed by atoms with E-state index in [4.69, 9.17) is 0 Å². The molecule has 74 valence electrons. The van der Waals surface area contributed by atoms with E-state index in [1.54, 1.807) is 11.3 Å². The monoisotopic (exact) mass is 205 g/mol. The fourth-order valence-corrected chi connectivity index (χ4v) is 2.57. The quantitative estimate of drug-likeness (QED) is 0.718. The largest absolute Gasteiger partial charge is 0.244 e. The Morgan fingerprint density at radius 3 is 2.93 bits per heavy atom. The highest BCUT2D eigenvalue weighted by Crippen LogP contribution is 2.31. The Morgan fingerprint density at radius 2 is 2.21 bits per heavy atom. The molecular weight excluding hydrogens is 190 g/mol. The second-order valence-corrected chi connectivity index (χ2v) is 4.69. The summed E-state index contributed by atoms with van der Waals surface area (Å²) < 4.78 is 1.31. The van der Waals surface area contributed by atoms with Gasteiger partial charge < -0.3 is 0 Å². The third-order valence-electron chi connectivity index (χ3n) is 2.86. The fourth-order valence-electron chi connectivity index (χ4n) is 1.88. The highest BCUT2D eigenvalue weighted by molar-refractivity contribution is 7.16. The predicted molar refractivity (Wildman–Crippen MR) is 63.1 cm³/mol. The van der Waals surface area contributed by atoms with Gasteiger partial charge in [-0.25, -0.2) is 4.98 Å². The Bertz CT molecular complexity index is 445. The zero-order chi connectivity index (χ0) is 10.1. The molecule has 0 radical (unpaired) electrons. The number of rotatable bonds is 2. The lowest BCUT2D eigenvalue weighted by molar-refractivity contribution is 0.733. The number of aryl methyl sites for hydroxylation is 1. The van der Waals surface area contributed by atoms with Crippen molar-refractivity contribution in [1.82, 2.24) is 4.98 Å². The Hall–Kier alpha value is -0.890. The number of benzene rings is 1. The molecule has 0 bridgehead atoms. The van der Waals surface area contributed by atoms with Gasteiger partial charge in [0.2, 0.25) is 0 Å². The number of nitrogens with zero attached hydrogens (tertiary/aromatic N) is 1. The summed E-state index contributed by atoms with van der Waals surface area (Å²) in [6.45, 7) is 6.69. The van der Waals surface area contributed by atoms with Gasteiger partial charge in [0.1, 0.15) is 0 Å². The van der Waals surface area contributed by atoms with E-state index in [1.165, 1.54) is 27.8 Å². The number of thiazole rings is 1. The van der Waals surface area contributed by atoms with Crippen LogP contribution in [0.15, 0.2) is 17.6 Å². The van der Waals surface area contributed by atoms with Crippen LogP contribution < -0.4 is 0 Å².